The number of aromatic amines is 1. The molecule has 112 valence electrons. The molecule has 1 rings (SSSR count). The molecule has 2 N–H and O–H groups in total. The summed E-state index contributed by atoms with van der Waals surface area (Å²) < 4.78 is 25.5. The van der Waals surface area contributed by atoms with Gasteiger partial charge >= 0.3 is 5.97 Å². The van der Waals surface area contributed by atoms with E-state index in [2.05, 4.69) is 10.2 Å². The minimum Gasteiger partial charge on any atom is -0.478 e. The third-order valence-corrected chi connectivity index (χ3v) is 4.49. The third-order valence-electron chi connectivity index (χ3n) is 2.60. The first-order valence-corrected chi connectivity index (χ1v) is 7.12. The first-order chi connectivity index (χ1) is 9.21. The Balaban J connectivity index is 3.16. The van der Waals surface area contributed by atoms with Crippen LogP contribution in [-0.2, 0) is 14.8 Å². The summed E-state index contributed by atoms with van der Waals surface area (Å²) in [4.78, 5) is 23.8. The van der Waals surface area contributed by atoms with E-state index in [4.69, 9.17) is 5.11 Å². The number of amides is 1. The van der Waals surface area contributed by atoms with E-state index in [1.165, 1.54) is 19.0 Å². The lowest BCUT2D eigenvalue weighted by Gasteiger charge is -2.21. The molecular weight excluding hydrogens is 288 g/mol. The lowest BCUT2D eigenvalue weighted by molar-refractivity contribution is -0.128. The van der Waals surface area contributed by atoms with Crippen molar-refractivity contribution in [1.82, 2.24) is 19.4 Å². The fraction of sp³-hybridized carbons (Fsp3) is 0.500. The summed E-state index contributed by atoms with van der Waals surface area (Å²) in [6, 6.07) is 0. The van der Waals surface area contributed by atoms with Crippen LogP contribution in [0.4, 0.5) is 0 Å². The Morgan fingerprint density at radius 1 is 1.40 bits per heavy atom. The van der Waals surface area contributed by atoms with Crippen LogP contribution in [0.2, 0.25) is 0 Å². The summed E-state index contributed by atoms with van der Waals surface area (Å²) >= 11 is 0. The van der Waals surface area contributed by atoms with E-state index >= 15 is 0 Å². The lowest BCUT2D eigenvalue weighted by atomic mass is 10.4. The van der Waals surface area contributed by atoms with Crippen molar-refractivity contribution in [3.05, 3.63) is 11.8 Å². The van der Waals surface area contributed by atoms with Crippen LogP contribution < -0.4 is 0 Å². The molecule has 0 aromatic carbocycles. The second kappa shape index (κ2) is 6.01. The van der Waals surface area contributed by atoms with Gasteiger partial charge in [-0.25, -0.2) is 13.2 Å². The zero-order valence-electron chi connectivity index (χ0n) is 11.3. The molecule has 10 heteroatoms. The van der Waals surface area contributed by atoms with Crippen LogP contribution in [0.5, 0.6) is 0 Å². The van der Waals surface area contributed by atoms with Gasteiger partial charge in [-0.05, 0) is 0 Å². The van der Waals surface area contributed by atoms with Crippen molar-refractivity contribution in [3.63, 3.8) is 0 Å². The molecule has 0 radical (unpaired) electrons. The summed E-state index contributed by atoms with van der Waals surface area (Å²) in [6.07, 6.45) is 0.914. The number of hydrogen-bond donors (Lipinski definition) is 2. The first kappa shape index (κ1) is 16.1. The summed E-state index contributed by atoms with van der Waals surface area (Å²) in [5.74, 6) is -1.82. The number of hydrogen-bond acceptors (Lipinski definition) is 5. The van der Waals surface area contributed by atoms with E-state index < -0.39 is 32.5 Å². The van der Waals surface area contributed by atoms with Crippen LogP contribution in [0.15, 0.2) is 11.2 Å². The fourth-order valence-corrected chi connectivity index (χ4v) is 2.88. The first-order valence-electron chi connectivity index (χ1n) is 5.68. The van der Waals surface area contributed by atoms with E-state index in [0.717, 1.165) is 10.5 Å². The molecular formula is C10H16N4O5S. The number of carbonyl (C=O) groups excluding carboxylic acids is 1. The molecule has 0 spiro atoms. The molecule has 1 aromatic rings. The highest BCUT2D eigenvalue weighted by atomic mass is 32.2. The number of carbonyl (C=O) groups is 2. The second-order valence-corrected chi connectivity index (χ2v) is 6.01. The molecule has 0 unspecified atom stereocenters. The van der Waals surface area contributed by atoms with E-state index in [9.17, 15) is 18.0 Å². The van der Waals surface area contributed by atoms with Gasteiger partial charge in [0.15, 0.2) is 5.03 Å². The van der Waals surface area contributed by atoms with Gasteiger partial charge in [-0.3, -0.25) is 9.89 Å². The zero-order chi connectivity index (χ0) is 15.5. The standard InChI is InChI=1S/C10H16N4O5S/c1-4-14(6-8(15)13(2)3)20(18,19)9-7(10(16)17)5-11-12-9/h5H,4,6H2,1-3H3,(H,11,12)(H,16,17). The molecule has 0 aliphatic rings. The molecule has 20 heavy (non-hydrogen) atoms. The van der Waals surface area contributed by atoms with Crippen molar-refractivity contribution >= 4 is 21.9 Å². The monoisotopic (exact) mass is 304 g/mol. The highest BCUT2D eigenvalue weighted by Gasteiger charge is 2.31. The number of likely N-dealkylation sites (N-methyl/N-ethyl adjacent to an activating group) is 2. The Morgan fingerprint density at radius 2 is 2.00 bits per heavy atom. The van der Waals surface area contributed by atoms with Crippen LogP contribution in [0.1, 0.15) is 17.3 Å². The average molecular weight is 304 g/mol. The second-order valence-electron chi connectivity index (χ2n) is 4.14. The van der Waals surface area contributed by atoms with Crippen molar-refractivity contribution in [1.29, 1.82) is 0 Å². The smallest absolute Gasteiger partial charge is 0.340 e. The number of H-pyrrole nitrogens is 1. The minimum atomic E-state index is -4.13. The Labute approximate surface area is 116 Å². The van der Waals surface area contributed by atoms with Gasteiger partial charge in [0.1, 0.15) is 5.56 Å². The van der Waals surface area contributed by atoms with E-state index in [1.807, 2.05) is 0 Å². The van der Waals surface area contributed by atoms with E-state index in [-0.39, 0.29) is 13.1 Å². The molecule has 0 atom stereocenters. The number of aromatic carboxylic acids is 1. The Bertz CT molecular complexity index is 607. The van der Waals surface area contributed by atoms with Gasteiger partial charge in [-0.15, -0.1) is 0 Å². The van der Waals surface area contributed by atoms with Crippen LogP contribution in [0.3, 0.4) is 0 Å². The van der Waals surface area contributed by atoms with Crippen molar-refractivity contribution < 1.29 is 23.1 Å². The minimum absolute atomic E-state index is 0.0278. The molecule has 0 aliphatic carbocycles. The normalized spacial score (nSPS) is 11.6. The lowest BCUT2D eigenvalue weighted by Crippen LogP contribution is -2.40. The maximum absolute atomic E-state index is 12.3. The zero-order valence-corrected chi connectivity index (χ0v) is 12.1. The summed E-state index contributed by atoms with van der Waals surface area (Å²) in [5.41, 5.74) is -0.458. The number of aromatic nitrogens is 2. The largest absolute Gasteiger partial charge is 0.478 e. The topological polar surface area (TPSA) is 124 Å². The molecule has 0 bridgehead atoms. The molecule has 0 saturated carbocycles. The summed E-state index contributed by atoms with van der Waals surface area (Å²) in [7, 11) is -1.12. The number of rotatable bonds is 6. The molecule has 0 fully saturated rings. The Hall–Kier alpha value is -1.94. The Morgan fingerprint density at radius 3 is 2.45 bits per heavy atom. The highest BCUT2D eigenvalue weighted by Crippen LogP contribution is 2.17. The predicted octanol–water partition coefficient (Wildman–Crippen LogP) is -0.793. The Kier molecular flexibility index (Phi) is 4.84. The molecule has 0 saturated heterocycles. The van der Waals surface area contributed by atoms with Crippen molar-refractivity contribution in [2.45, 2.75) is 11.9 Å². The maximum Gasteiger partial charge on any atom is 0.340 e. The van der Waals surface area contributed by atoms with Crippen LogP contribution in [0.25, 0.3) is 0 Å². The number of carboxylic acid groups (broad SMARTS) is 1. The number of nitrogens with one attached hydrogen (secondary N) is 1. The fourth-order valence-electron chi connectivity index (χ4n) is 1.41. The average Bonchev–Trinajstić information content (AvgIpc) is 2.84. The third kappa shape index (κ3) is 3.14. The predicted molar refractivity (Wildman–Crippen MR) is 68.7 cm³/mol. The molecule has 9 nitrogen and oxygen atoms in total. The van der Waals surface area contributed by atoms with Crippen LogP contribution >= 0.6 is 0 Å². The van der Waals surface area contributed by atoms with Gasteiger partial charge in [-0.2, -0.15) is 9.40 Å². The van der Waals surface area contributed by atoms with Gasteiger partial charge in [0.25, 0.3) is 10.0 Å². The van der Waals surface area contributed by atoms with Crippen LogP contribution in [-0.4, -0.2) is 72.0 Å². The van der Waals surface area contributed by atoms with Gasteiger partial charge in [-0.1, -0.05) is 6.92 Å². The number of carboxylic acids is 1. The van der Waals surface area contributed by atoms with Gasteiger partial charge in [0.05, 0.1) is 12.7 Å². The van der Waals surface area contributed by atoms with Crippen LogP contribution in [0, 0.1) is 0 Å². The van der Waals surface area contributed by atoms with Gasteiger partial charge in [0.2, 0.25) is 5.91 Å². The van der Waals surface area contributed by atoms with Gasteiger partial charge in [0, 0.05) is 20.6 Å². The quantitative estimate of drug-likeness (QED) is 0.709. The number of sulfonamides is 1. The summed E-state index contributed by atoms with van der Waals surface area (Å²) in [5, 5.41) is 14.0. The van der Waals surface area contributed by atoms with Crippen molar-refractivity contribution in [2.75, 3.05) is 27.2 Å². The molecule has 1 amide bonds. The van der Waals surface area contributed by atoms with Crippen molar-refractivity contribution in [2.24, 2.45) is 0 Å². The van der Waals surface area contributed by atoms with E-state index in [0.29, 0.717) is 0 Å². The molecule has 1 heterocycles. The molecule has 0 aliphatic heterocycles. The molecule has 1 aromatic heterocycles. The SMILES string of the molecule is CCN(CC(=O)N(C)C)S(=O)(=O)c1[nH]ncc1C(=O)O. The summed E-state index contributed by atoms with van der Waals surface area (Å²) in [6.45, 7) is 1.21. The number of nitrogens with zero attached hydrogens (tertiary/aromatic N) is 3. The van der Waals surface area contributed by atoms with Crippen molar-refractivity contribution in [3.8, 4) is 0 Å². The maximum atomic E-state index is 12.3. The van der Waals surface area contributed by atoms with E-state index in [1.54, 1.807) is 6.92 Å². The highest BCUT2D eigenvalue weighted by molar-refractivity contribution is 7.89. The van der Waals surface area contributed by atoms with Gasteiger partial charge < -0.3 is 10.0 Å².